The van der Waals surface area contributed by atoms with Crippen molar-refractivity contribution in [1.29, 1.82) is 0 Å². The van der Waals surface area contributed by atoms with Crippen molar-refractivity contribution in [2.75, 3.05) is 6.54 Å². The number of hydrogen-bond donors (Lipinski definition) is 2. The van der Waals surface area contributed by atoms with E-state index >= 15 is 0 Å². The molecule has 2 amide bonds. The Labute approximate surface area is 175 Å². The molecule has 7 heteroatoms. The Morgan fingerprint density at radius 1 is 1.13 bits per heavy atom. The van der Waals surface area contributed by atoms with Crippen LogP contribution in [0.4, 0.5) is 4.39 Å². The van der Waals surface area contributed by atoms with Crippen molar-refractivity contribution in [2.24, 2.45) is 0 Å². The van der Waals surface area contributed by atoms with Crippen LogP contribution in [0.2, 0.25) is 0 Å². The number of amides is 2. The molecule has 4 rings (SSSR count). The van der Waals surface area contributed by atoms with Gasteiger partial charge in [0.05, 0.1) is 6.04 Å². The topological polar surface area (TPSA) is 64.7 Å². The van der Waals surface area contributed by atoms with Gasteiger partial charge in [-0.1, -0.05) is 42.0 Å². The zero-order valence-electron chi connectivity index (χ0n) is 16.8. The molecule has 0 saturated carbocycles. The van der Waals surface area contributed by atoms with Crippen LogP contribution in [0.3, 0.4) is 0 Å². The van der Waals surface area contributed by atoms with Crippen LogP contribution in [0, 0.1) is 12.7 Å². The number of nitrogens with zero attached hydrogens (tertiary/aromatic N) is 2. The molecule has 2 aliphatic rings. The van der Waals surface area contributed by atoms with Crippen LogP contribution >= 0.6 is 0 Å². The Morgan fingerprint density at radius 3 is 2.60 bits per heavy atom. The van der Waals surface area contributed by atoms with Gasteiger partial charge in [-0.3, -0.25) is 9.59 Å². The van der Waals surface area contributed by atoms with E-state index in [-0.39, 0.29) is 36.1 Å². The van der Waals surface area contributed by atoms with Gasteiger partial charge < -0.3 is 15.2 Å². The second-order valence-electron chi connectivity index (χ2n) is 7.73. The van der Waals surface area contributed by atoms with E-state index < -0.39 is 0 Å². The van der Waals surface area contributed by atoms with Gasteiger partial charge >= 0.3 is 0 Å². The lowest BCUT2D eigenvalue weighted by molar-refractivity contribution is -0.134. The first-order valence-corrected chi connectivity index (χ1v) is 10.1. The molecule has 2 atom stereocenters. The summed E-state index contributed by atoms with van der Waals surface area (Å²) in [5, 5.41) is 4.69. The number of halogens is 1. The molecule has 2 aromatic rings. The summed E-state index contributed by atoms with van der Waals surface area (Å²) in [6.07, 6.45) is 4.35. The average molecular weight is 408 g/mol. The molecule has 2 aliphatic heterocycles. The van der Waals surface area contributed by atoms with Crippen molar-refractivity contribution < 1.29 is 14.0 Å². The van der Waals surface area contributed by atoms with Crippen molar-refractivity contribution in [3.63, 3.8) is 0 Å². The van der Waals surface area contributed by atoms with E-state index in [0.717, 1.165) is 11.1 Å². The Balaban J connectivity index is 1.28. The van der Waals surface area contributed by atoms with Gasteiger partial charge in [0.2, 0.25) is 5.91 Å². The third-order valence-electron chi connectivity index (χ3n) is 5.54. The van der Waals surface area contributed by atoms with Crippen LogP contribution in [-0.2, 0) is 16.1 Å². The third kappa shape index (κ3) is 4.52. The fourth-order valence-corrected chi connectivity index (χ4v) is 3.75. The number of benzene rings is 2. The number of fused-ring (bicyclic) bond motifs is 1. The van der Waals surface area contributed by atoms with E-state index in [9.17, 15) is 14.0 Å². The van der Waals surface area contributed by atoms with Crippen LogP contribution < -0.4 is 10.7 Å². The number of nitrogens with one attached hydrogen (secondary N) is 2. The van der Waals surface area contributed by atoms with Crippen molar-refractivity contribution >= 4 is 11.8 Å². The Hall–Kier alpha value is -3.19. The lowest BCUT2D eigenvalue weighted by Gasteiger charge is -2.31. The molecule has 0 spiro atoms. The molecule has 30 heavy (non-hydrogen) atoms. The van der Waals surface area contributed by atoms with E-state index in [1.807, 2.05) is 37.4 Å². The SMILES string of the molecule is Cc1ccc(CNC(=O)CCN2C=CN3NC(c4ccc(F)cc4)CC3C2=O)cc1. The number of carbonyl (C=O) groups is 2. The molecule has 2 heterocycles. The summed E-state index contributed by atoms with van der Waals surface area (Å²) in [6, 6.07) is 13.9. The fraction of sp³-hybridized carbons (Fsp3) is 0.304. The van der Waals surface area contributed by atoms with E-state index in [4.69, 9.17) is 0 Å². The van der Waals surface area contributed by atoms with Gasteiger partial charge in [0.25, 0.3) is 5.91 Å². The van der Waals surface area contributed by atoms with Crippen LogP contribution in [0.25, 0.3) is 0 Å². The van der Waals surface area contributed by atoms with Crippen LogP contribution in [-0.4, -0.2) is 34.3 Å². The Morgan fingerprint density at radius 2 is 1.87 bits per heavy atom. The molecule has 6 nitrogen and oxygen atoms in total. The fourth-order valence-electron chi connectivity index (χ4n) is 3.75. The van der Waals surface area contributed by atoms with Gasteiger partial charge in [0, 0.05) is 31.9 Å². The average Bonchev–Trinajstić information content (AvgIpc) is 3.18. The smallest absolute Gasteiger partial charge is 0.250 e. The molecule has 156 valence electrons. The second kappa shape index (κ2) is 8.67. The molecule has 0 aliphatic carbocycles. The van der Waals surface area contributed by atoms with E-state index in [1.165, 1.54) is 17.7 Å². The Bertz CT molecular complexity index is 943. The summed E-state index contributed by atoms with van der Waals surface area (Å²) in [5.41, 5.74) is 6.45. The molecule has 2 aromatic carbocycles. The Kier molecular flexibility index (Phi) is 5.81. The van der Waals surface area contributed by atoms with Crippen molar-refractivity contribution in [2.45, 2.75) is 38.4 Å². The monoisotopic (exact) mass is 408 g/mol. The lowest BCUT2D eigenvalue weighted by Crippen LogP contribution is -2.48. The first-order valence-electron chi connectivity index (χ1n) is 10.1. The van der Waals surface area contributed by atoms with Gasteiger partial charge in [-0.15, -0.1) is 0 Å². The van der Waals surface area contributed by atoms with E-state index in [0.29, 0.717) is 19.5 Å². The van der Waals surface area contributed by atoms with Gasteiger partial charge in [-0.05, 0) is 36.6 Å². The zero-order valence-corrected chi connectivity index (χ0v) is 16.8. The highest BCUT2D eigenvalue weighted by molar-refractivity contribution is 5.85. The predicted octanol–water partition coefficient (Wildman–Crippen LogP) is 2.77. The molecular formula is C23H25FN4O2. The molecule has 1 fully saturated rings. The first kappa shape index (κ1) is 20.1. The molecule has 1 saturated heterocycles. The maximum Gasteiger partial charge on any atom is 0.250 e. The minimum absolute atomic E-state index is 0.0408. The predicted molar refractivity (Wildman–Crippen MR) is 111 cm³/mol. The first-order chi connectivity index (χ1) is 14.5. The van der Waals surface area contributed by atoms with E-state index in [1.54, 1.807) is 28.2 Å². The molecule has 0 radical (unpaired) electrons. The summed E-state index contributed by atoms with van der Waals surface area (Å²) in [5.74, 6) is -0.411. The summed E-state index contributed by atoms with van der Waals surface area (Å²) < 4.78 is 13.2. The summed E-state index contributed by atoms with van der Waals surface area (Å²) in [4.78, 5) is 26.7. The molecule has 2 unspecified atom stereocenters. The molecule has 0 aromatic heterocycles. The van der Waals surface area contributed by atoms with Gasteiger partial charge in [-0.25, -0.2) is 9.82 Å². The number of hydrazine groups is 1. The second-order valence-corrected chi connectivity index (χ2v) is 7.73. The minimum Gasteiger partial charge on any atom is -0.352 e. The highest BCUT2D eigenvalue weighted by Gasteiger charge is 2.39. The lowest BCUT2D eigenvalue weighted by atomic mass is 10.0. The van der Waals surface area contributed by atoms with Crippen LogP contribution in [0.5, 0.6) is 0 Å². The molecular weight excluding hydrogens is 383 g/mol. The third-order valence-corrected chi connectivity index (χ3v) is 5.54. The number of rotatable bonds is 6. The van der Waals surface area contributed by atoms with Crippen molar-refractivity contribution in [1.82, 2.24) is 20.7 Å². The normalized spacial score (nSPS) is 20.4. The standard InChI is InChI=1S/C23H25FN4O2/c1-16-2-4-17(5-3-16)15-25-22(29)10-11-27-12-13-28-21(23(27)30)14-20(26-28)18-6-8-19(24)9-7-18/h2-9,12-13,20-21,26H,10-11,14-15H2,1H3,(H,25,29). The summed E-state index contributed by atoms with van der Waals surface area (Å²) in [6.45, 7) is 2.83. The van der Waals surface area contributed by atoms with Gasteiger partial charge in [0.1, 0.15) is 11.9 Å². The summed E-state index contributed by atoms with van der Waals surface area (Å²) in [7, 11) is 0. The van der Waals surface area contributed by atoms with Crippen molar-refractivity contribution in [3.8, 4) is 0 Å². The van der Waals surface area contributed by atoms with Gasteiger partial charge in [0.15, 0.2) is 0 Å². The summed E-state index contributed by atoms with van der Waals surface area (Å²) >= 11 is 0. The zero-order chi connectivity index (χ0) is 21.1. The van der Waals surface area contributed by atoms with Crippen LogP contribution in [0.1, 0.15) is 35.6 Å². The van der Waals surface area contributed by atoms with E-state index in [2.05, 4.69) is 10.7 Å². The number of aryl methyl sites for hydroxylation is 1. The highest BCUT2D eigenvalue weighted by atomic mass is 19.1. The maximum absolute atomic E-state index is 13.2. The largest absolute Gasteiger partial charge is 0.352 e. The molecule has 0 bridgehead atoms. The maximum atomic E-state index is 13.2. The van der Waals surface area contributed by atoms with Crippen molar-refractivity contribution in [3.05, 3.63) is 83.4 Å². The number of carbonyl (C=O) groups excluding carboxylic acids is 2. The molecule has 2 N–H and O–H groups in total. The van der Waals surface area contributed by atoms with Crippen LogP contribution in [0.15, 0.2) is 60.9 Å². The number of hydrogen-bond acceptors (Lipinski definition) is 4. The highest BCUT2D eigenvalue weighted by Crippen LogP contribution is 2.30. The van der Waals surface area contributed by atoms with Gasteiger partial charge in [-0.2, -0.15) is 0 Å². The quantitative estimate of drug-likeness (QED) is 0.772. The minimum atomic E-state index is -0.333.